The molecule has 0 radical (unpaired) electrons. The first-order chi connectivity index (χ1) is 8.00. The van der Waals surface area contributed by atoms with Crippen LogP contribution in [0.15, 0.2) is 53.0 Å². The molecule has 88 valence electrons. The van der Waals surface area contributed by atoms with Gasteiger partial charge in [0, 0.05) is 4.47 Å². The molecule has 1 atom stereocenters. The van der Waals surface area contributed by atoms with Crippen LogP contribution in [0.25, 0.3) is 0 Å². The smallest absolute Gasteiger partial charge is 0.123 e. The van der Waals surface area contributed by atoms with E-state index in [0.29, 0.717) is 5.56 Å². The monoisotopic (exact) mass is 294 g/mol. The van der Waals surface area contributed by atoms with Crippen LogP contribution in [0.4, 0.5) is 4.39 Å². The highest BCUT2D eigenvalue weighted by molar-refractivity contribution is 9.10. The van der Waals surface area contributed by atoms with Gasteiger partial charge in [-0.25, -0.2) is 4.39 Å². The van der Waals surface area contributed by atoms with Crippen LogP contribution in [0, 0.1) is 5.82 Å². The molecule has 0 saturated carbocycles. The summed E-state index contributed by atoms with van der Waals surface area (Å²) in [5, 5.41) is 10.5. The molecule has 0 amide bonds. The van der Waals surface area contributed by atoms with E-state index in [0.717, 1.165) is 10.0 Å². The molecule has 2 aromatic carbocycles. The highest BCUT2D eigenvalue weighted by Gasteiger charge is 2.25. The average Bonchev–Trinajstić information content (AvgIpc) is 2.29. The summed E-state index contributed by atoms with van der Waals surface area (Å²) < 4.78 is 14.1. The molecule has 0 aliphatic heterocycles. The lowest BCUT2D eigenvalue weighted by Crippen LogP contribution is -2.22. The maximum absolute atomic E-state index is 13.2. The third-order valence-electron chi connectivity index (χ3n) is 2.79. The SMILES string of the molecule is CC(O)(c1ccc(Br)cc1)c1cccc(F)c1. The van der Waals surface area contributed by atoms with Crippen LogP contribution in [0.1, 0.15) is 18.1 Å². The van der Waals surface area contributed by atoms with Gasteiger partial charge in [0.2, 0.25) is 0 Å². The van der Waals surface area contributed by atoms with Crippen LogP contribution in [-0.4, -0.2) is 5.11 Å². The van der Waals surface area contributed by atoms with Gasteiger partial charge in [-0.3, -0.25) is 0 Å². The van der Waals surface area contributed by atoms with E-state index in [4.69, 9.17) is 0 Å². The molecular formula is C14H12BrFO. The molecule has 0 saturated heterocycles. The summed E-state index contributed by atoms with van der Waals surface area (Å²) in [7, 11) is 0. The minimum absolute atomic E-state index is 0.347. The normalized spacial score (nSPS) is 14.4. The van der Waals surface area contributed by atoms with E-state index in [9.17, 15) is 9.50 Å². The first-order valence-electron chi connectivity index (χ1n) is 5.24. The van der Waals surface area contributed by atoms with Crippen molar-refractivity contribution in [2.75, 3.05) is 0 Å². The van der Waals surface area contributed by atoms with E-state index in [1.165, 1.54) is 12.1 Å². The van der Waals surface area contributed by atoms with Gasteiger partial charge in [0.05, 0.1) is 0 Å². The van der Waals surface area contributed by atoms with E-state index in [1.54, 1.807) is 19.1 Å². The highest BCUT2D eigenvalue weighted by atomic mass is 79.9. The van der Waals surface area contributed by atoms with Crippen molar-refractivity contribution in [3.63, 3.8) is 0 Å². The van der Waals surface area contributed by atoms with Crippen LogP contribution >= 0.6 is 15.9 Å². The van der Waals surface area contributed by atoms with Crippen molar-refractivity contribution in [1.29, 1.82) is 0 Å². The molecule has 0 heterocycles. The molecular weight excluding hydrogens is 283 g/mol. The Morgan fingerprint density at radius 3 is 2.29 bits per heavy atom. The van der Waals surface area contributed by atoms with Crippen LogP contribution < -0.4 is 0 Å². The second-order valence-electron chi connectivity index (χ2n) is 4.09. The van der Waals surface area contributed by atoms with Crippen molar-refractivity contribution >= 4 is 15.9 Å². The Kier molecular flexibility index (Phi) is 3.31. The van der Waals surface area contributed by atoms with Crippen molar-refractivity contribution in [3.05, 3.63) is 69.9 Å². The molecule has 0 fully saturated rings. The minimum atomic E-state index is -1.19. The van der Waals surface area contributed by atoms with Gasteiger partial charge < -0.3 is 5.11 Å². The Bertz CT molecular complexity index is 520. The van der Waals surface area contributed by atoms with Crippen LogP contribution in [0.3, 0.4) is 0 Å². The molecule has 3 heteroatoms. The number of aliphatic hydroxyl groups is 1. The number of rotatable bonds is 2. The largest absolute Gasteiger partial charge is 0.381 e. The molecule has 1 unspecified atom stereocenters. The molecule has 0 spiro atoms. The topological polar surface area (TPSA) is 20.2 Å². The van der Waals surface area contributed by atoms with Crippen molar-refractivity contribution in [2.24, 2.45) is 0 Å². The zero-order valence-electron chi connectivity index (χ0n) is 9.32. The summed E-state index contributed by atoms with van der Waals surface area (Å²) >= 11 is 3.34. The third kappa shape index (κ3) is 2.56. The van der Waals surface area contributed by atoms with Crippen LogP contribution in [0.5, 0.6) is 0 Å². The lowest BCUT2D eigenvalue weighted by Gasteiger charge is -2.24. The number of hydrogen-bond donors (Lipinski definition) is 1. The molecule has 0 bridgehead atoms. The number of hydrogen-bond acceptors (Lipinski definition) is 1. The van der Waals surface area contributed by atoms with Gasteiger partial charge in [-0.05, 0) is 42.3 Å². The van der Waals surface area contributed by atoms with Crippen molar-refractivity contribution < 1.29 is 9.50 Å². The van der Waals surface area contributed by atoms with Gasteiger partial charge in [-0.1, -0.05) is 40.2 Å². The Labute approximate surface area is 108 Å². The molecule has 0 aliphatic carbocycles. The molecule has 2 aromatic rings. The lowest BCUT2D eigenvalue weighted by atomic mass is 9.88. The Hall–Kier alpha value is -1.19. The van der Waals surface area contributed by atoms with E-state index >= 15 is 0 Å². The summed E-state index contributed by atoms with van der Waals surface area (Å²) in [5.74, 6) is -0.347. The maximum atomic E-state index is 13.2. The van der Waals surface area contributed by atoms with Crippen molar-refractivity contribution in [2.45, 2.75) is 12.5 Å². The Morgan fingerprint density at radius 2 is 1.71 bits per heavy atom. The van der Waals surface area contributed by atoms with Crippen LogP contribution in [0.2, 0.25) is 0 Å². The minimum Gasteiger partial charge on any atom is -0.381 e. The van der Waals surface area contributed by atoms with Crippen molar-refractivity contribution in [3.8, 4) is 0 Å². The molecule has 0 aliphatic rings. The third-order valence-corrected chi connectivity index (χ3v) is 3.32. The second-order valence-corrected chi connectivity index (χ2v) is 5.01. The number of benzene rings is 2. The molecule has 2 rings (SSSR count). The van der Waals surface area contributed by atoms with E-state index in [-0.39, 0.29) is 5.82 Å². The zero-order chi connectivity index (χ0) is 12.5. The Morgan fingerprint density at radius 1 is 1.06 bits per heavy atom. The summed E-state index contributed by atoms with van der Waals surface area (Å²) in [6.07, 6.45) is 0. The van der Waals surface area contributed by atoms with Gasteiger partial charge in [-0.2, -0.15) is 0 Å². The zero-order valence-corrected chi connectivity index (χ0v) is 10.9. The summed E-state index contributed by atoms with van der Waals surface area (Å²) in [5.41, 5.74) is 0.0779. The number of halogens is 2. The highest BCUT2D eigenvalue weighted by Crippen LogP contribution is 2.30. The van der Waals surface area contributed by atoms with Gasteiger partial charge >= 0.3 is 0 Å². The fourth-order valence-corrected chi connectivity index (χ4v) is 2.00. The van der Waals surface area contributed by atoms with E-state index in [2.05, 4.69) is 15.9 Å². The fraction of sp³-hybridized carbons (Fsp3) is 0.143. The predicted molar refractivity (Wildman–Crippen MR) is 69.2 cm³/mol. The molecule has 0 aromatic heterocycles. The fourth-order valence-electron chi connectivity index (χ4n) is 1.73. The Balaban J connectivity index is 2.45. The second kappa shape index (κ2) is 4.59. The maximum Gasteiger partial charge on any atom is 0.123 e. The summed E-state index contributed by atoms with van der Waals surface area (Å²) in [6, 6.07) is 13.3. The molecule has 1 nitrogen and oxygen atoms in total. The van der Waals surface area contributed by atoms with Gasteiger partial charge in [0.15, 0.2) is 0 Å². The quantitative estimate of drug-likeness (QED) is 0.892. The summed E-state index contributed by atoms with van der Waals surface area (Å²) in [4.78, 5) is 0. The predicted octanol–water partition coefficient (Wildman–Crippen LogP) is 3.84. The van der Waals surface area contributed by atoms with Crippen molar-refractivity contribution in [1.82, 2.24) is 0 Å². The van der Waals surface area contributed by atoms with Crippen LogP contribution in [-0.2, 0) is 5.60 Å². The van der Waals surface area contributed by atoms with E-state index < -0.39 is 5.60 Å². The standard InChI is InChI=1S/C14H12BrFO/c1-14(17,10-5-7-12(15)8-6-10)11-3-2-4-13(16)9-11/h2-9,17H,1H3. The van der Waals surface area contributed by atoms with E-state index in [1.807, 2.05) is 24.3 Å². The average molecular weight is 295 g/mol. The first-order valence-corrected chi connectivity index (χ1v) is 6.04. The lowest BCUT2D eigenvalue weighted by molar-refractivity contribution is 0.102. The molecule has 17 heavy (non-hydrogen) atoms. The first kappa shape index (κ1) is 12.3. The van der Waals surface area contributed by atoms with Gasteiger partial charge in [0.25, 0.3) is 0 Å². The summed E-state index contributed by atoms with van der Waals surface area (Å²) in [6.45, 7) is 1.66. The van der Waals surface area contributed by atoms with Gasteiger partial charge in [-0.15, -0.1) is 0 Å². The van der Waals surface area contributed by atoms with Gasteiger partial charge in [0.1, 0.15) is 11.4 Å². The molecule has 1 N–H and O–H groups in total.